The summed E-state index contributed by atoms with van der Waals surface area (Å²) < 4.78 is 5.06. The molecule has 0 aliphatic carbocycles. The Morgan fingerprint density at radius 3 is 2.87 bits per heavy atom. The topological polar surface area (TPSA) is 51.0 Å². The molecule has 0 bridgehead atoms. The summed E-state index contributed by atoms with van der Waals surface area (Å²) in [4.78, 5) is 4.09. The Labute approximate surface area is 96.3 Å². The van der Waals surface area contributed by atoms with Gasteiger partial charge in [0.2, 0.25) is 0 Å². The number of hydrogen-bond donors (Lipinski definition) is 1. The molecule has 2 rings (SSSR count). The van der Waals surface area contributed by atoms with Crippen LogP contribution >= 0.6 is 22.9 Å². The molecule has 0 spiro atoms. The largest absolute Gasteiger partial charge is 0.361 e. The molecular weight excluding hydrogens is 234 g/mol. The van der Waals surface area contributed by atoms with Gasteiger partial charge >= 0.3 is 0 Å². The van der Waals surface area contributed by atoms with Crippen molar-refractivity contribution in [2.24, 2.45) is 0 Å². The van der Waals surface area contributed by atoms with Gasteiger partial charge in [-0.2, -0.15) is 0 Å². The molecule has 0 fully saturated rings. The van der Waals surface area contributed by atoms with Crippen LogP contribution in [0.2, 0.25) is 5.15 Å². The van der Waals surface area contributed by atoms with Gasteiger partial charge in [-0.1, -0.05) is 16.8 Å². The molecule has 0 aromatic carbocycles. The Bertz CT molecular complexity index is 446. The van der Waals surface area contributed by atoms with Crippen molar-refractivity contribution in [2.45, 2.75) is 20.4 Å². The first-order valence-electron chi connectivity index (χ1n) is 4.43. The summed E-state index contributed by atoms with van der Waals surface area (Å²) >= 11 is 7.19. The van der Waals surface area contributed by atoms with Gasteiger partial charge in [-0.15, -0.1) is 11.3 Å². The standard InChI is InChI=1S/C9H10ClN3OS/c1-5-7(6(2)14-13-5)3-11-9-12-8(10)4-15-9/h4H,3H2,1-2H3,(H,11,12). The van der Waals surface area contributed by atoms with Crippen LogP contribution in [0.15, 0.2) is 9.90 Å². The van der Waals surface area contributed by atoms with Crippen LogP contribution in [-0.4, -0.2) is 10.1 Å². The molecule has 0 saturated carbocycles. The van der Waals surface area contributed by atoms with E-state index in [1.165, 1.54) is 11.3 Å². The molecule has 0 aliphatic heterocycles. The summed E-state index contributed by atoms with van der Waals surface area (Å²) in [6.45, 7) is 4.47. The third-order valence-electron chi connectivity index (χ3n) is 2.07. The fraction of sp³-hybridized carbons (Fsp3) is 0.333. The van der Waals surface area contributed by atoms with Gasteiger partial charge < -0.3 is 9.84 Å². The number of rotatable bonds is 3. The van der Waals surface area contributed by atoms with Crippen molar-refractivity contribution >= 4 is 28.1 Å². The lowest BCUT2D eigenvalue weighted by atomic mass is 10.2. The highest BCUT2D eigenvalue weighted by molar-refractivity contribution is 7.14. The molecule has 0 amide bonds. The van der Waals surface area contributed by atoms with Gasteiger partial charge in [0.15, 0.2) is 5.13 Å². The molecule has 0 radical (unpaired) electrons. The summed E-state index contributed by atoms with van der Waals surface area (Å²) in [7, 11) is 0. The number of aromatic nitrogens is 2. The van der Waals surface area contributed by atoms with E-state index in [1.807, 2.05) is 13.8 Å². The minimum Gasteiger partial charge on any atom is -0.361 e. The zero-order valence-electron chi connectivity index (χ0n) is 8.37. The predicted molar refractivity (Wildman–Crippen MR) is 60.4 cm³/mol. The Balaban J connectivity index is 2.05. The summed E-state index contributed by atoms with van der Waals surface area (Å²) in [5.74, 6) is 0.836. The normalized spacial score (nSPS) is 10.6. The number of aryl methyl sites for hydroxylation is 2. The number of halogens is 1. The quantitative estimate of drug-likeness (QED) is 0.900. The highest BCUT2D eigenvalue weighted by atomic mass is 35.5. The van der Waals surface area contributed by atoms with E-state index in [0.717, 1.165) is 22.1 Å². The molecule has 2 aromatic rings. The van der Waals surface area contributed by atoms with Crippen molar-refractivity contribution in [3.05, 3.63) is 27.6 Å². The Morgan fingerprint density at radius 1 is 1.53 bits per heavy atom. The molecule has 0 saturated heterocycles. The number of nitrogens with zero attached hydrogens (tertiary/aromatic N) is 2. The third kappa shape index (κ3) is 2.30. The van der Waals surface area contributed by atoms with E-state index in [1.54, 1.807) is 5.38 Å². The molecule has 0 atom stereocenters. The lowest BCUT2D eigenvalue weighted by molar-refractivity contribution is 0.392. The number of anilines is 1. The second-order valence-electron chi connectivity index (χ2n) is 3.13. The molecule has 0 unspecified atom stereocenters. The smallest absolute Gasteiger partial charge is 0.184 e. The van der Waals surface area contributed by atoms with Gasteiger partial charge in [0.25, 0.3) is 0 Å². The van der Waals surface area contributed by atoms with Crippen molar-refractivity contribution in [1.29, 1.82) is 0 Å². The van der Waals surface area contributed by atoms with Gasteiger partial charge in [-0.3, -0.25) is 0 Å². The van der Waals surface area contributed by atoms with Crippen molar-refractivity contribution < 1.29 is 4.52 Å². The van der Waals surface area contributed by atoms with Gasteiger partial charge in [-0.25, -0.2) is 4.98 Å². The van der Waals surface area contributed by atoms with Crippen molar-refractivity contribution in [3.8, 4) is 0 Å². The lowest BCUT2D eigenvalue weighted by Crippen LogP contribution is -2.00. The maximum absolute atomic E-state index is 5.71. The Hall–Kier alpha value is -1.07. The SMILES string of the molecule is Cc1noc(C)c1CNc1nc(Cl)cs1. The fourth-order valence-electron chi connectivity index (χ4n) is 1.25. The Morgan fingerprint density at radius 2 is 2.33 bits per heavy atom. The molecule has 80 valence electrons. The van der Waals surface area contributed by atoms with Crippen molar-refractivity contribution in [2.75, 3.05) is 5.32 Å². The molecule has 1 N–H and O–H groups in total. The van der Waals surface area contributed by atoms with Crippen LogP contribution in [0.5, 0.6) is 0 Å². The third-order valence-corrected chi connectivity index (χ3v) is 3.20. The van der Waals surface area contributed by atoms with Crippen LogP contribution in [0.1, 0.15) is 17.0 Å². The number of hydrogen-bond acceptors (Lipinski definition) is 5. The van der Waals surface area contributed by atoms with E-state index < -0.39 is 0 Å². The average molecular weight is 244 g/mol. The molecule has 15 heavy (non-hydrogen) atoms. The molecule has 4 nitrogen and oxygen atoms in total. The Kier molecular flexibility index (Phi) is 2.93. The van der Waals surface area contributed by atoms with E-state index in [-0.39, 0.29) is 0 Å². The minimum atomic E-state index is 0.515. The van der Waals surface area contributed by atoms with Gasteiger partial charge in [-0.05, 0) is 13.8 Å². The average Bonchev–Trinajstić information content (AvgIpc) is 2.73. The lowest BCUT2D eigenvalue weighted by Gasteiger charge is -2.00. The van der Waals surface area contributed by atoms with E-state index in [4.69, 9.17) is 16.1 Å². The molecular formula is C9H10ClN3OS. The molecule has 2 aromatic heterocycles. The molecule has 2 heterocycles. The van der Waals surface area contributed by atoms with Crippen LogP contribution in [0, 0.1) is 13.8 Å². The van der Waals surface area contributed by atoms with E-state index in [0.29, 0.717) is 11.7 Å². The summed E-state index contributed by atoms with van der Waals surface area (Å²) in [6.07, 6.45) is 0. The first-order chi connectivity index (χ1) is 7.16. The summed E-state index contributed by atoms with van der Waals surface area (Å²) in [5.41, 5.74) is 1.98. The van der Waals surface area contributed by atoms with Crippen molar-refractivity contribution in [1.82, 2.24) is 10.1 Å². The van der Waals surface area contributed by atoms with Crippen molar-refractivity contribution in [3.63, 3.8) is 0 Å². The highest BCUT2D eigenvalue weighted by Gasteiger charge is 2.09. The molecule has 6 heteroatoms. The van der Waals surface area contributed by atoms with Crippen LogP contribution in [0.25, 0.3) is 0 Å². The molecule has 0 aliphatic rings. The maximum atomic E-state index is 5.71. The minimum absolute atomic E-state index is 0.515. The van der Waals surface area contributed by atoms with E-state index >= 15 is 0 Å². The summed E-state index contributed by atoms with van der Waals surface area (Å²) in [5, 5.41) is 10.2. The first kappa shape index (κ1) is 10.4. The maximum Gasteiger partial charge on any atom is 0.184 e. The summed E-state index contributed by atoms with van der Waals surface area (Å²) in [6, 6.07) is 0. The van der Waals surface area contributed by atoms with E-state index in [2.05, 4.69) is 15.5 Å². The fourth-order valence-corrected chi connectivity index (χ4v) is 2.09. The van der Waals surface area contributed by atoms with Crippen LogP contribution in [0.4, 0.5) is 5.13 Å². The van der Waals surface area contributed by atoms with Crippen LogP contribution in [-0.2, 0) is 6.54 Å². The van der Waals surface area contributed by atoms with Gasteiger partial charge in [0.05, 0.1) is 5.69 Å². The number of nitrogens with one attached hydrogen (secondary N) is 1. The second-order valence-corrected chi connectivity index (χ2v) is 4.38. The first-order valence-corrected chi connectivity index (χ1v) is 5.69. The van der Waals surface area contributed by atoms with Gasteiger partial charge in [0, 0.05) is 17.5 Å². The number of thiazole rings is 1. The predicted octanol–water partition coefficient (Wildman–Crippen LogP) is 3.01. The van der Waals surface area contributed by atoms with Crippen LogP contribution < -0.4 is 5.32 Å². The van der Waals surface area contributed by atoms with Gasteiger partial charge in [0.1, 0.15) is 10.9 Å². The van der Waals surface area contributed by atoms with Crippen LogP contribution in [0.3, 0.4) is 0 Å². The second kappa shape index (κ2) is 4.20. The zero-order chi connectivity index (χ0) is 10.8. The highest BCUT2D eigenvalue weighted by Crippen LogP contribution is 2.20. The zero-order valence-corrected chi connectivity index (χ0v) is 9.95. The van der Waals surface area contributed by atoms with E-state index in [9.17, 15) is 0 Å². The monoisotopic (exact) mass is 243 g/mol.